The van der Waals surface area contributed by atoms with Crippen molar-refractivity contribution >= 4 is 5.78 Å². The Bertz CT molecular complexity index is 533. The lowest BCUT2D eigenvalue weighted by Crippen LogP contribution is -2.12. The Hall–Kier alpha value is -2.04. The lowest BCUT2D eigenvalue weighted by atomic mass is 10.1. The Morgan fingerprint density at radius 2 is 2.24 bits per heavy atom. The fourth-order valence-electron chi connectivity index (χ4n) is 1.65. The smallest absolute Gasteiger partial charge is 0.214 e. The van der Waals surface area contributed by atoms with Gasteiger partial charge in [0.05, 0.1) is 6.20 Å². The average Bonchev–Trinajstić information content (AvgIpc) is 2.78. The van der Waals surface area contributed by atoms with E-state index in [4.69, 9.17) is 0 Å². The molecule has 0 aliphatic heterocycles. The topological polar surface area (TPSA) is 60.7 Å². The van der Waals surface area contributed by atoms with Gasteiger partial charge in [-0.15, -0.1) is 5.10 Å². The van der Waals surface area contributed by atoms with Gasteiger partial charge >= 0.3 is 0 Å². The van der Waals surface area contributed by atoms with Crippen LogP contribution >= 0.6 is 0 Å². The molecule has 0 saturated carbocycles. The van der Waals surface area contributed by atoms with E-state index in [9.17, 15) is 4.79 Å². The van der Waals surface area contributed by atoms with Crippen LogP contribution < -0.4 is 0 Å². The number of carbonyl (C=O) groups excluding carboxylic acids is 1. The van der Waals surface area contributed by atoms with Gasteiger partial charge in [0.15, 0.2) is 0 Å². The molecule has 0 saturated heterocycles. The molecule has 0 N–H and O–H groups in total. The highest BCUT2D eigenvalue weighted by Crippen LogP contribution is 2.11. The van der Waals surface area contributed by atoms with E-state index in [-0.39, 0.29) is 5.78 Å². The van der Waals surface area contributed by atoms with Crippen LogP contribution in [-0.2, 0) is 6.54 Å². The van der Waals surface area contributed by atoms with Gasteiger partial charge in [0, 0.05) is 24.5 Å². The van der Waals surface area contributed by atoms with Crippen LogP contribution in [0.2, 0.25) is 0 Å². The monoisotopic (exact) mass is 230 g/mol. The van der Waals surface area contributed by atoms with Crippen LogP contribution in [0.5, 0.6) is 0 Å². The molecule has 0 unspecified atom stereocenters. The molecule has 0 atom stereocenters. The third kappa shape index (κ3) is 2.22. The molecule has 5 nitrogen and oxygen atoms in total. The maximum absolute atomic E-state index is 12.3. The van der Waals surface area contributed by atoms with Gasteiger partial charge in [-0.25, -0.2) is 4.68 Å². The van der Waals surface area contributed by atoms with Gasteiger partial charge in [-0.05, 0) is 25.0 Å². The van der Waals surface area contributed by atoms with Crippen molar-refractivity contribution in [2.75, 3.05) is 0 Å². The standard InChI is InChI=1S/C12H14N4O/c1-3-6-16-11(8-14-15-16)12(17)10-7-13-5-4-9(10)2/h4-5,7-8H,3,6H2,1-2H3. The van der Waals surface area contributed by atoms with Gasteiger partial charge in [0.2, 0.25) is 5.78 Å². The molecule has 2 aromatic heterocycles. The Morgan fingerprint density at radius 1 is 1.41 bits per heavy atom. The van der Waals surface area contributed by atoms with Crippen LogP contribution in [0.1, 0.15) is 35.0 Å². The molecule has 5 heteroatoms. The largest absolute Gasteiger partial charge is 0.287 e. The summed E-state index contributed by atoms with van der Waals surface area (Å²) in [5, 5.41) is 7.70. The van der Waals surface area contributed by atoms with Gasteiger partial charge < -0.3 is 0 Å². The van der Waals surface area contributed by atoms with E-state index in [1.165, 1.54) is 6.20 Å². The SMILES string of the molecule is CCCn1nncc1C(=O)c1cnccc1C. The molecule has 0 aliphatic carbocycles. The molecule has 2 heterocycles. The first kappa shape index (κ1) is 11.4. The van der Waals surface area contributed by atoms with E-state index in [1.54, 1.807) is 17.1 Å². The Morgan fingerprint density at radius 3 is 2.94 bits per heavy atom. The molecule has 2 aromatic rings. The number of aromatic nitrogens is 4. The van der Waals surface area contributed by atoms with Crippen LogP contribution in [0.15, 0.2) is 24.7 Å². The minimum absolute atomic E-state index is 0.0750. The number of hydrogen-bond acceptors (Lipinski definition) is 4. The second kappa shape index (κ2) is 4.86. The first-order valence-electron chi connectivity index (χ1n) is 5.58. The first-order valence-corrected chi connectivity index (χ1v) is 5.58. The lowest BCUT2D eigenvalue weighted by Gasteiger charge is -2.05. The number of rotatable bonds is 4. The van der Waals surface area contributed by atoms with Crippen molar-refractivity contribution in [3.05, 3.63) is 41.5 Å². The van der Waals surface area contributed by atoms with E-state index in [0.29, 0.717) is 17.8 Å². The molecule has 0 bridgehead atoms. The number of hydrogen-bond donors (Lipinski definition) is 0. The van der Waals surface area contributed by atoms with E-state index in [2.05, 4.69) is 15.3 Å². The van der Waals surface area contributed by atoms with Gasteiger partial charge in [-0.2, -0.15) is 0 Å². The molecule has 0 aliphatic rings. The summed E-state index contributed by atoms with van der Waals surface area (Å²) in [7, 11) is 0. The van der Waals surface area contributed by atoms with Gasteiger partial charge in [0.25, 0.3) is 0 Å². The Labute approximate surface area is 99.5 Å². The van der Waals surface area contributed by atoms with Crippen molar-refractivity contribution in [2.24, 2.45) is 0 Å². The molecular formula is C12H14N4O. The number of ketones is 1. The highest BCUT2D eigenvalue weighted by Gasteiger charge is 2.16. The molecule has 0 aromatic carbocycles. The van der Waals surface area contributed by atoms with Crippen LogP contribution in [0.4, 0.5) is 0 Å². The maximum atomic E-state index is 12.3. The normalized spacial score (nSPS) is 10.5. The third-order valence-corrected chi connectivity index (χ3v) is 2.57. The fourth-order valence-corrected chi connectivity index (χ4v) is 1.65. The molecule has 0 radical (unpaired) electrons. The maximum Gasteiger partial charge on any atom is 0.214 e. The highest BCUT2D eigenvalue weighted by atomic mass is 16.1. The quantitative estimate of drug-likeness (QED) is 0.749. The molecule has 0 spiro atoms. The summed E-state index contributed by atoms with van der Waals surface area (Å²) in [6.07, 6.45) is 5.68. The molecule has 0 amide bonds. The van der Waals surface area contributed by atoms with Crippen molar-refractivity contribution in [3.63, 3.8) is 0 Å². The van der Waals surface area contributed by atoms with Crippen molar-refractivity contribution in [3.8, 4) is 0 Å². The summed E-state index contributed by atoms with van der Waals surface area (Å²) >= 11 is 0. The first-order chi connectivity index (χ1) is 8.24. The number of carbonyl (C=O) groups is 1. The molecule has 0 fully saturated rings. The number of nitrogens with zero attached hydrogens (tertiary/aromatic N) is 4. The summed E-state index contributed by atoms with van der Waals surface area (Å²) in [6.45, 7) is 4.62. The van der Waals surface area contributed by atoms with E-state index in [1.807, 2.05) is 19.9 Å². The van der Waals surface area contributed by atoms with Crippen molar-refractivity contribution in [2.45, 2.75) is 26.8 Å². The van der Waals surface area contributed by atoms with Crippen LogP contribution in [0.25, 0.3) is 0 Å². The van der Waals surface area contributed by atoms with E-state index >= 15 is 0 Å². The molecular weight excluding hydrogens is 216 g/mol. The summed E-state index contributed by atoms with van der Waals surface area (Å²) in [4.78, 5) is 16.3. The van der Waals surface area contributed by atoms with Crippen LogP contribution in [0.3, 0.4) is 0 Å². The summed E-state index contributed by atoms with van der Waals surface area (Å²) in [5.74, 6) is -0.0750. The highest BCUT2D eigenvalue weighted by molar-refractivity contribution is 6.08. The molecule has 2 rings (SSSR count). The Balaban J connectivity index is 2.37. The van der Waals surface area contributed by atoms with Gasteiger partial charge in [0.1, 0.15) is 5.69 Å². The third-order valence-electron chi connectivity index (χ3n) is 2.57. The van der Waals surface area contributed by atoms with E-state index < -0.39 is 0 Å². The second-order valence-electron chi connectivity index (χ2n) is 3.86. The summed E-state index contributed by atoms with van der Waals surface area (Å²) in [5.41, 5.74) is 2.03. The molecule has 17 heavy (non-hydrogen) atoms. The zero-order chi connectivity index (χ0) is 12.3. The predicted octanol–water partition coefficient (Wildman–Crippen LogP) is 1.62. The van der Waals surface area contributed by atoms with Crippen LogP contribution in [0, 0.1) is 6.92 Å². The van der Waals surface area contributed by atoms with Crippen LogP contribution in [-0.4, -0.2) is 25.8 Å². The average molecular weight is 230 g/mol. The molecule has 88 valence electrons. The zero-order valence-corrected chi connectivity index (χ0v) is 9.92. The minimum atomic E-state index is -0.0750. The lowest BCUT2D eigenvalue weighted by molar-refractivity contribution is 0.102. The summed E-state index contributed by atoms with van der Waals surface area (Å²) < 4.78 is 1.63. The van der Waals surface area contributed by atoms with Crippen molar-refractivity contribution < 1.29 is 4.79 Å². The summed E-state index contributed by atoms with van der Waals surface area (Å²) in [6, 6.07) is 1.82. The van der Waals surface area contributed by atoms with Gasteiger partial charge in [-0.1, -0.05) is 12.1 Å². The van der Waals surface area contributed by atoms with Crippen molar-refractivity contribution in [1.82, 2.24) is 20.0 Å². The zero-order valence-electron chi connectivity index (χ0n) is 9.92. The van der Waals surface area contributed by atoms with Crippen molar-refractivity contribution in [1.29, 1.82) is 0 Å². The Kier molecular flexibility index (Phi) is 3.27. The number of aryl methyl sites for hydroxylation is 2. The number of pyridine rings is 1. The van der Waals surface area contributed by atoms with E-state index in [0.717, 1.165) is 12.0 Å². The second-order valence-corrected chi connectivity index (χ2v) is 3.86. The van der Waals surface area contributed by atoms with Gasteiger partial charge in [-0.3, -0.25) is 9.78 Å². The fraction of sp³-hybridized carbons (Fsp3) is 0.333. The predicted molar refractivity (Wildman–Crippen MR) is 62.7 cm³/mol. The minimum Gasteiger partial charge on any atom is -0.287 e.